The van der Waals surface area contributed by atoms with Crippen molar-refractivity contribution in [3.05, 3.63) is 58.6 Å². The molecule has 0 radical (unpaired) electrons. The lowest BCUT2D eigenvalue weighted by molar-refractivity contribution is 0.102. The molecule has 1 aliphatic rings. The third-order valence-electron chi connectivity index (χ3n) is 3.89. The lowest BCUT2D eigenvalue weighted by Gasteiger charge is -2.05. The van der Waals surface area contributed by atoms with Crippen LogP contribution >= 0.6 is 23.1 Å². The minimum Gasteiger partial charge on any atom is -0.297 e. The lowest BCUT2D eigenvalue weighted by atomic mass is 10.1. The highest BCUT2D eigenvalue weighted by Crippen LogP contribution is 2.42. The normalized spacial score (nSPS) is 13.7. The van der Waals surface area contributed by atoms with E-state index in [0.717, 1.165) is 29.9 Å². The van der Waals surface area contributed by atoms with Crippen molar-refractivity contribution in [2.24, 2.45) is 0 Å². The Morgan fingerprint density at radius 1 is 1.28 bits per heavy atom. The number of carbonyl (C=O) groups is 1. The second kappa shape index (κ2) is 6.50. The van der Waals surface area contributed by atoms with Gasteiger partial charge < -0.3 is 0 Å². The van der Waals surface area contributed by atoms with Crippen molar-refractivity contribution in [2.75, 3.05) is 5.32 Å². The van der Waals surface area contributed by atoms with Crippen LogP contribution in [0.2, 0.25) is 5.15 Å². The number of amides is 1. The van der Waals surface area contributed by atoms with Gasteiger partial charge in [0.1, 0.15) is 11.0 Å². The Balaban J connectivity index is 1.51. The van der Waals surface area contributed by atoms with Crippen LogP contribution in [0.5, 0.6) is 0 Å². The zero-order chi connectivity index (χ0) is 17.4. The number of hydrogen-bond donors (Lipinski definition) is 1. The first-order valence-corrected chi connectivity index (χ1v) is 8.82. The van der Waals surface area contributed by atoms with Gasteiger partial charge in [0.2, 0.25) is 5.13 Å². The predicted molar refractivity (Wildman–Crippen MR) is 94.5 cm³/mol. The first kappa shape index (κ1) is 16.1. The molecule has 0 atom stereocenters. The average molecular weight is 375 g/mol. The third kappa shape index (κ3) is 3.52. The maximum Gasteiger partial charge on any atom is 0.259 e. The second-order valence-corrected chi connectivity index (χ2v) is 6.87. The highest BCUT2D eigenvalue weighted by molar-refractivity contribution is 7.10. The van der Waals surface area contributed by atoms with Gasteiger partial charge in [0.25, 0.3) is 5.91 Å². The number of rotatable bonds is 4. The van der Waals surface area contributed by atoms with E-state index in [1.807, 2.05) is 0 Å². The quantitative estimate of drug-likeness (QED) is 0.681. The van der Waals surface area contributed by atoms with Crippen molar-refractivity contribution in [1.29, 1.82) is 0 Å². The number of pyridine rings is 1. The van der Waals surface area contributed by atoms with Gasteiger partial charge in [-0.05, 0) is 54.7 Å². The van der Waals surface area contributed by atoms with Crippen molar-refractivity contribution in [3.63, 3.8) is 0 Å². The monoisotopic (exact) mass is 374 g/mol. The Kier molecular flexibility index (Phi) is 4.19. The number of anilines is 1. The molecule has 0 spiro atoms. The van der Waals surface area contributed by atoms with Crippen molar-refractivity contribution in [1.82, 2.24) is 14.3 Å². The van der Waals surface area contributed by atoms with Crippen LogP contribution in [-0.4, -0.2) is 20.2 Å². The molecule has 2 aromatic heterocycles. The summed E-state index contributed by atoms with van der Waals surface area (Å²) in [6.45, 7) is 0. The average Bonchev–Trinajstić information content (AvgIpc) is 3.35. The predicted octanol–water partition coefficient (Wildman–Crippen LogP) is 4.52. The first-order valence-electron chi connectivity index (χ1n) is 7.66. The van der Waals surface area contributed by atoms with E-state index in [2.05, 4.69) is 19.7 Å². The molecule has 3 aromatic rings. The van der Waals surface area contributed by atoms with E-state index in [-0.39, 0.29) is 11.7 Å². The fourth-order valence-electron chi connectivity index (χ4n) is 2.43. The molecule has 0 bridgehead atoms. The van der Waals surface area contributed by atoms with Gasteiger partial charge in [0.05, 0.1) is 5.56 Å². The molecule has 0 aliphatic heterocycles. The van der Waals surface area contributed by atoms with Gasteiger partial charge in [0, 0.05) is 23.3 Å². The molecular formula is C17H12ClFN4OS. The highest BCUT2D eigenvalue weighted by Gasteiger charge is 2.27. The van der Waals surface area contributed by atoms with Gasteiger partial charge in [-0.3, -0.25) is 10.1 Å². The first-order chi connectivity index (χ1) is 12.1. The molecule has 1 fully saturated rings. The molecule has 8 heteroatoms. The molecule has 1 aromatic carbocycles. The molecular weight excluding hydrogens is 363 g/mol. The Morgan fingerprint density at radius 2 is 2.04 bits per heavy atom. The molecule has 25 heavy (non-hydrogen) atoms. The van der Waals surface area contributed by atoms with Gasteiger partial charge in [-0.15, -0.1) is 0 Å². The van der Waals surface area contributed by atoms with E-state index in [9.17, 15) is 9.18 Å². The van der Waals surface area contributed by atoms with Crippen LogP contribution < -0.4 is 5.32 Å². The molecule has 1 N–H and O–H groups in total. The number of nitrogens with one attached hydrogen (secondary N) is 1. The topological polar surface area (TPSA) is 67.8 Å². The minimum absolute atomic E-state index is 0.312. The van der Waals surface area contributed by atoms with Crippen molar-refractivity contribution in [2.45, 2.75) is 18.8 Å². The molecule has 2 heterocycles. The molecule has 5 nitrogen and oxygen atoms in total. The van der Waals surface area contributed by atoms with Gasteiger partial charge >= 0.3 is 0 Å². The molecule has 1 amide bonds. The zero-order valence-electron chi connectivity index (χ0n) is 12.9. The number of nitrogens with zero attached hydrogens (tertiary/aromatic N) is 3. The molecule has 0 unspecified atom stereocenters. The van der Waals surface area contributed by atoms with Crippen LogP contribution in [-0.2, 0) is 0 Å². The standard InChI is InChI=1S/C17H12ClFN4OS/c18-14-13(9-1-2-9)7-11(8-20-14)16(24)22-17-21-15(23-25-17)10-3-5-12(19)6-4-10/h3-9H,1-2H2,(H,21,22,23,24). The van der Waals surface area contributed by atoms with E-state index in [0.29, 0.717) is 33.2 Å². The van der Waals surface area contributed by atoms with Crippen LogP contribution in [0.1, 0.15) is 34.7 Å². The Hall–Kier alpha value is -2.38. The van der Waals surface area contributed by atoms with E-state index >= 15 is 0 Å². The van der Waals surface area contributed by atoms with Gasteiger partial charge in [-0.1, -0.05) is 11.6 Å². The van der Waals surface area contributed by atoms with E-state index < -0.39 is 0 Å². The van der Waals surface area contributed by atoms with Crippen LogP contribution in [0, 0.1) is 5.82 Å². The summed E-state index contributed by atoms with van der Waals surface area (Å²) in [7, 11) is 0. The largest absolute Gasteiger partial charge is 0.297 e. The van der Waals surface area contributed by atoms with Gasteiger partial charge in [0.15, 0.2) is 5.82 Å². The fourth-order valence-corrected chi connectivity index (χ4v) is 3.27. The smallest absolute Gasteiger partial charge is 0.259 e. The summed E-state index contributed by atoms with van der Waals surface area (Å²) in [6.07, 6.45) is 3.60. The number of carbonyl (C=O) groups excluding carboxylic acids is 1. The zero-order valence-corrected chi connectivity index (χ0v) is 14.4. The molecule has 126 valence electrons. The number of hydrogen-bond acceptors (Lipinski definition) is 5. The summed E-state index contributed by atoms with van der Waals surface area (Å²) in [5.74, 6) is 0.203. The summed E-state index contributed by atoms with van der Waals surface area (Å²) in [5, 5.41) is 3.53. The van der Waals surface area contributed by atoms with Crippen LogP contribution in [0.3, 0.4) is 0 Å². The summed E-state index contributed by atoms with van der Waals surface area (Å²) in [5.41, 5.74) is 2.03. The summed E-state index contributed by atoms with van der Waals surface area (Å²) < 4.78 is 17.2. The van der Waals surface area contributed by atoms with Gasteiger partial charge in [-0.25, -0.2) is 9.37 Å². The summed E-state index contributed by atoms with van der Waals surface area (Å²) >= 11 is 7.15. The van der Waals surface area contributed by atoms with E-state index in [4.69, 9.17) is 11.6 Å². The summed E-state index contributed by atoms with van der Waals surface area (Å²) in [4.78, 5) is 20.8. The van der Waals surface area contributed by atoms with Crippen LogP contribution in [0.15, 0.2) is 36.5 Å². The second-order valence-electron chi connectivity index (χ2n) is 5.76. The molecule has 1 aliphatic carbocycles. The van der Waals surface area contributed by atoms with E-state index in [1.165, 1.54) is 18.3 Å². The SMILES string of the molecule is O=C(Nc1nc(-c2ccc(F)cc2)ns1)c1cnc(Cl)c(C2CC2)c1. The Bertz CT molecular complexity index is 940. The molecule has 4 rings (SSSR count). The highest BCUT2D eigenvalue weighted by atomic mass is 35.5. The molecule has 0 saturated heterocycles. The lowest BCUT2D eigenvalue weighted by Crippen LogP contribution is -2.12. The summed E-state index contributed by atoms with van der Waals surface area (Å²) in [6, 6.07) is 7.65. The minimum atomic E-state index is -0.325. The van der Waals surface area contributed by atoms with Crippen molar-refractivity contribution in [3.8, 4) is 11.4 Å². The molecule has 1 saturated carbocycles. The number of halogens is 2. The fraction of sp³-hybridized carbons (Fsp3) is 0.176. The van der Waals surface area contributed by atoms with Gasteiger partial charge in [-0.2, -0.15) is 9.36 Å². The number of benzene rings is 1. The Labute approximate surface area is 152 Å². The third-order valence-corrected chi connectivity index (χ3v) is 4.84. The van der Waals surface area contributed by atoms with E-state index in [1.54, 1.807) is 18.2 Å². The number of aromatic nitrogens is 3. The van der Waals surface area contributed by atoms with Crippen LogP contribution in [0.4, 0.5) is 9.52 Å². The maximum absolute atomic E-state index is 13.0. The van der Waals surface area contributed by atoms with Crippen LogP contribution in [0.25, 0.3) is 11.4 Å². The Morgan fingerprint density at radius 3 is 2.76 bits per heavy atom. The maximum atomic E-state index is 13.0. The van der Waals surface area contributed by atoms with Crippen molar-refractivity contribution < 1.29 is 9.18 Å². The van der Waals surface area contributed by atoms with Crippen molar-refractivity contribution >= 4 is 34.2 Å².